The summed E-state index contributed by atoms with van der Waals surface area (Å²) in [5.41, 5.74) is 0.315. The van der Waals surface area contributed by atoms with Gasteiger partial charge in [0.15, 0.2) is 6.73 Å². The number of nitrogens with one attached hydrogen (secondary N) is 1. The molecule has 0 unspecified atom stereocenters. The van der Waals surface area contributed by atoms with Crippen LogP contribution in [0.25, 0.3) is 0 Å². The van der Waals surface area contributed by atoms with Gasteiger partial charge in [-0.05, 0) is 6.92 Å². The Morgan fingerprint density at radius 2 is 1.77 bits per heavy atom. The molecule has 0 aromatic rings. The van der Waals surface area contributed by atoms with Crippen LogP contribution in [0.4, 0.5) is 0 Å². The molecule has 0 saturated heterocycles. The molecule has 0 saturated carbocycles. The van der Waals surface area contributed by atoms with E-state index in [1.54, 1.807) is 0 Å². The predicted molar refractivity (Wildman–Crippen MR) is 53.1 cm³/mol. The minimum Gasteiger partial charge on any atom is -0.441 e. The summed E-state index contributed by atoms with van der Waals surface area (Å²) >= 11 is 0. The molecule has 4 heteroatoms. The first kappa shape index (κ1) is 17.7. The normalized spacial score (nSPS) is 7.23. The second-order valence-electron chi connectivity index (χ2n) is 2.09. The van der Waals surface area contributed by atoms with Crippen LogP contribution < -0.4 is 5.32 Å². The lowest BCUT2D eigenvalue weighted by Crippen LogP contribution is -2.25. The summed E-state index contributed by atoms with van der Waals surface area (Å²) < 4.78 is 4.54. The molecule has 0 aliphatic carbocycles. The monoisotopic (exact) mass is 189 g/mol. The molecule has 0 atom stereocenters. The highest BCUT2D eigenvalue weighted by molar-refractivity contribution is 5.87. The van der Waals surface area contributed by atoms with E-state index in [0.717, 1.165) is 0 Å². The largest absolute Gasteiger partial charge is 0.441 e. The van der Waals surface area contributed by atoms with E-state index in [0.29, 0.717) is 5.57 Å². The minimum absolute atomic E-state index is 0. The molecule has 4 nitrogen and oxygen atoms in total. The van der Waals surface area contributed by atoms with Crippen molar-refractivity contribution in [3.63, 3.8) is 0 Å². The predicted octanol–water partition coefficient (Wildman–Crippen LogP) is 1.47. The zero-order valence-electron chi connectivity index (χ0n) is 6.64. The highest BCUT2D eigenvalue weighted by Crippen LogP contribution is 1.89. The van der Waals surface area contributed by atoms with Gasteiger partial charge < -0.3 is 10.1 Å². The van der Waals surface area contributed by atoms with E-state index in [1.807, 2.05) is 0 Å². The van der Waals surface area contributed by atoms with Crippen molar-refractivity contribution in [1.29, 1.82) is 0 Å². The molecule has 1 N–H and O–H groups in total. The molecule has 0 heterocycles. The van der Waals surface area contributed by atoms with E-state index in [-0.39, 0.29) is 27.5 Å². The molecule has 0 aromatic carbocycles. The zero-order chi connectivity index (χ0) is 8.85. The van der Waals surface area contributed by atoms with Crippen molar-refractivity contribution in [2.24, 2.45) is 0 Å². The summed E-state index contributed by atoms with van der Waals surface area (Å²) in [6.07, 6.45) is 0. The fourth-order valence-electron chi connectivity index (χ4n) is 0.326. The molecular formula is C9H19NO3. The van der Waals surface area contributed by atoms with Gasteiger partial charge in [0.1, 0.15) is 0 Å². The van der Waals surface area contributed by atoms with E-state index >= 15 is 0 Å². The highest BCUT2D eigenvalue weighted by Gasteiger charge is 2.01. The lowest BCUT2D eigenvalue weighted by molar-refractivity contribution is -0.140. The summed E-state index contributed by atoms with van der Waals surface area (Å²) in [5, 5.41) is 2.31. The van der Waals surface area contributed by atoms with Crippen LogP contribution in [0.3, 0.4) is 0 Å². The second kappa shape index (κ2) is 8.77. The smallest absolute Gasteiger partial charge is 0.334 e. The molecule has 78 valence electrons. The first-order valence-electron chi connectivity index (χ1n) is 3.11. The van der Waals surface area contributed by atoms with Gasteiger partial charge in [-0.1, -0.05) is 21.4 Å². The number of hydrogen-bond acceptors (Lipinski definition) is 3. The summed E-state index contributed by atoms with van der Waals surface area (Å²) in [5.74, 6) is -0.738. The SMILES string of the molecule is C.C.C=C(C)C(=O)OCNC(C)=O. The third-order valence-corrected chi connectivity index (χ3v) is 0.873. The molecule has 13 heavy (non-hydrogen) atoms. The van der Waals surface area contributed by atoms with Gasteiger partial charge in [0.25, 0.3) is 0 Å². The van der Waals surface area contributed by atoms with Crippen molar-refractivity contribution < 1.29 is 14.3 Å². The Labute approximate surface area is 80.0 Å². The molecular weight excluding hydrogens is 170 g/mol. The third kappa shape index (κ3) is 10.7. The number of amides is 1. The lowest BCUT2D eigenvalue weighted by Gasteiger charge is -2.03. The zero-order valence-corrected chi connectivity index (χ0v) is 6.64. The molecule has 0 aliphatic rings. The van der Waals surface area contributed by atoms with Crippen LogP contribution in [-0.4, -0.2) is 18.6 Å². The average Bonchev–Trinajstić information content (AvgIpc) is 1.86. The summed E-state index contributed by atoms with van der Waals surface area (Å²) in [6.45, 7) is 6.15. The van der Waals surface area contributed by atoms with Crippen molar-refractivity contribution in [2.45, 2.75) is 28.7 Å². The van der Waals surface area contributed by atoms with Gasteiger partial charge in [0.05, 0.1) is 0 Å². The van der Waals surface area contributed by atoms with Gasteiger partial charge in [-0.25, -0.2) is 4.79 Å². The van der Waals surface area contributed by atoms with Crippen LogP contribution in [0.1, 0.15) is 28.7 Å². The van der Waals surface area contributed by atoms with E-state index in [4.69, 9.17) is 0 Å². The number of carbonyl (C=O) groups is 2. The topological polar surface area (TPSA) is 55.4 Å². The first-order valence-corrected chi connectivity index (χ1v) is 3.11. The van der Waals surface area contributed by atoms with E-state index in [2.05, 4.69) is 16.6 Å². The van der Waals surface area contributed by atoms with Gasteiger partial charge in [-0.3, -0.25) is 4.79 Å². The van der Waals surface area contributed by atoms with Crippen molar-refractivity contribution in [3.05, 3.63) is 12.2 Å². The number of carbonyl (C=O) groups excluding carboxylic acids is 2. The van der Waals surface area contributed by atoms with Crippen LogP contribution in [-0.2, 0) is 14.3 Å². The van der Waals surface area contributed by atoms with Crippen LogP contribution in [0, 0.1) is 0 Å². The summed E-state index contributed by atoms with van der Waals surface area (Å²) in [7, 11) is 0. The molecule has 0 rings (SSSR count). The Balaban J connectivity index is -0.000000500. The number of rotatable bonds is 3. The average molecular weight is 189 g/mol. The van der Waals surface area contributed by atoms with Crippen LogP contribution in [0.5, 0.6) is 0 Å². The maximum Gasteiger partial charge on any atom is 0.334 e. The van der Waals surface area contributed by atoms with E-state index in [1.165, 1.54) is 13.8 Å². The fraction of sp³-hybridized carbons (Fsp3) is 0.556. The Kier molecular flexibility index (Phi) is 11.9. The Morgan fingerprint density at radius 1 is 1.31 bits per heavy atom. The highest BCUT2D eigenvalue weighted by atomic mass is 16.5. The standard InChI is InChI=1S/C7H11NO3.2CH4/c1-5(2)7(10)11-4-8-6(3)9;;/h1,4H2,2-3H3,(H,8,9);2*1H4. The van der Waals surface area contributed by atoms with Crippen molar-refractivity contribution in [3.8, 4) is 0 Å². The van der Waals surface area contributed by atoms with Gasteiger partial charge in [-0.2, -0.15) is 0 Å². The summed E-state index contributed by atoms with van der Waals surface area (Å²) in [6, 6.07) is 0. The van der Waals surface area contributed by atoms with Gasteiger partial charge in [0.2, 0.25) is 5.91 Å². The van der Waals surface area contributed by atoms with E-state index in [9.17, 15) is 9.59 Å². The number of ether oxygens (including phenoxy) is 1. The first-order chi connectivity index (χ1) is 5.04. The molecule has 0 spiro atoms. The minimum atomic E-state index is -0.501. The maximum absolute atomic E-state index is 10.7. The second-order valence-corrected chi connectivity index (χ2v) is 2.09. The lowest BCUT2D eigenvalue weighted by atomic mass is 10.4. The molecule has 1 amide bonds. The Bertz CT molecular complexity index is 187. The van der Waals surface area contributed by atoms with Gasteiger partial charge in [0, 0.05) is 12.5 Å². The van der Waals surface area contributed by atoms with Gasteiger partial charge in [-0.15, -0.1) is 0 Å². The molecule has 0 bridgehead atoms. The van der Waals surface area contributed by atoms with Crippen LogP contribution in [0.2, 0.25) is 0 Å². The van der Waals surface area contributed by atoms with Crippen LogP contribution in [0.15, 0.2) is 12.2 Å². The Morgan fingerprint density at radius 3 is 2.08 bits per heavy atom. The summed E-state index contributed by atoms with van der Waals surface area (Å²) in [4.78, 5) is 20.9. The molecule has 0 radical (unpaired) electrons. The number of hydrogen-bond donors (Lipinski definition) is 1. The molecule has 0 fully saturated rings. The maximum atomic E-state index is 10.7. The third-order valence-electron chi connectivity index (χ3n) is 0.873. The van der Waals surface area contributed by atoms with Crippen molar-refractivity contribution in [2.75, 3.05) is 6.73 Å². The Hall–Kier alpha value is -1.32. The molecule has 0 aromatic heterocycles. The number of esters is 1. The molecule has 0 aliphatic heterocycles. The van der Waals surface area contributed by atoms with E-state index < -0.39 is 5.97 Å². The quantitative estimate of drug-likeness (QED) is 0.415. The van der Waals surface area contributed by atoms with Crippen molar-refractivity contribution in [1.82, 2.24) is 5.32 Å². The van der Waals surface area contributed by atoms with Crippen molar-refractivity contribution >= 4 is 11.9 Å². The van der Waals surface area contributed by atoms with Gasteiger partial charge >= 0.3 is 5.97 Å². The van der Waals surface area contributed by atoms with Crippen LogP contribution >= 0.6 is 0 Å². The fourth-order valence-corrected chi connectivity index (χ4v) is 0.326.